The van der Waals surface area contributed by atoms with Crippen molar-refractivity contribution in [1.82, 2.24) is 10.3 Å². The largest absolute Gasteiger partial charge is 0.334 e. The number of benzene rings is 1. The third-order valence-electron chi connectivity index (χ3n) is 3.10. The average Bonchev–Trinajstić information content (AvgIpc) is 2.92. The first-order valence-corrected chi connectivity index (χ1v) is 9.99. The highest BCUT2D eigenvalue weighted by molar-refractivity contribution is 7.89. The Hall–Kier alpha value is -1.93. The zero-order valence-electron chi connectivity index (χ0n) is 13.0. The number of aryl methyl sites for hydroxylation is 1. The number of hydrogen-bond donors (Lipinski definition) is 2. The maximum Gasteiger partial charge on any atom is 0.321 e. The quantitative estimate of drug-likeness (QED) is 0.835. The predicted octanol–water partition coefficient (Wildman–Crippen LogP) is 2.57. The van der Waals surface area contributed by atoms with E-state index in [1.807, 2.05) is 13.0 Å². The number of nitrogens with one attached hydrogen (secondary N) is 2. The average molecular weight is 353 g/mol. The van der Waals surface area contributed by atoms with E-state index in [0.29, 0.717) is 10.7 Å². The normalized spacial score (nSPS) is 11.2. The second kappa shape index (κ2) is 7.56. The molecule has 0 radical (unpaired) electrons. The van der Waals surface area contributed by atoms with Gasteiger partial charge in [0, 0.05) is 23.9 Å². The Labute approximate surface area is 139 Å². The van der Waals surface area contributed by atoms with Crippen molar-refractivity contribution in [2.75, 3.05) is 11.6 Å². The molecule has 2 rings (SSSR count). The minimum absolute atomic E-state index is 0.0428. The predicted molar refractivity (Wildman–Crippen MR) is 92.3 cm³/mol. The molecule has 0 unspecified atom stereocenters. The molecule has 1 aromatic carbocycles. The summed E-state index contributed by atoms with van der Waals surface area (Å²) in [6.07, 6.45) is 3.80. The lowest BCUT2D eigenvalue weighted by atomic mass is 10.1. The first-order valence-electron chi connectivity index (χ1n) is 7.11. The van der Waals surface area contributed by atoms with E-state index in [1.54, 1.807) is 24.4 Å². The van der Waals surface area contributed by atoms with Crippen LogP contribution in [-0.4, -0.2) is 25.7 Å². The van der Waals surface area contributed by atoms with Gasteiger partial charge in [-0.05, 0) is 17.5 Å². The molecule has 23 heavy (non-hydrogen) atoms. The molecular weight excluding hydrogens is 334 g/mol. The first-order chi connectivity index (χ1) is 10.9. The van der Waals surface area contributed by atoms with Crippen LogP contribution in [0.2, 0.25) is 0 Å². The summed E-state index contributed by atoms with van der Waals surface area (Å²) in [5.74, 6) is -0.0428. The van der Waals surface area contributed by atoms with Gasteiger partial charge in [-0.1, -0.05) is 31.2 Å². The third kappa shape index (κ3) is 5.65. The standard InChI is InChI=1S/C15H19N3O3S2/c1-3-13-9-17-15(22-13)18-14(19)16-8-11-6-4-5-7-12(11)10-23(2,20)21/h4-7,9H,3,8,10H2,1-2H3,(H2,16,17,18,19). The zero-order chi connectivity index (χ0) is 16.9. The van der Waals surface area contributed by atoms with Crippen molar-refractivity contribution in [2.24, 2.45) is 0 Å². The third-order valence-corrected chi connectivity index (χ3v) is 4.99. The van der Waals surface area contributed by atoms with Crippen molar-refractivity contribution in [3.05, 3.63) is 46.5 Å². The molecule has 2 amide bonds. The van der Waals surface area contributed by atoms with Crippen molar-refractivity contribution in [1.29, 1.82) is 0 Å². The second-order valence-electron chi connectivity index (χ2n) is 5.13. The number of urea groups is 1. The Morgan fingerprint density at radius 3 is 2.57 bits per heavy atom. The fourth-order valence-electron chi connectivity index (χ4n) is 2.00. The molecule has 0 aliphatic rings. The minimum Gasteiger partial charge on any atom is -0.334 e. The number of anilines is 1. The van der Waals surface area contributed by atoms with E-state index in [4.69, 9.17) is 0 Å². The minimum atomic E-state index is -3.12. The molecule has 0 aliphatic carbocycles. The molecule has 0 atom stereocenters. The van der Waals surface area contributed by atoms with Gasteiger partial charge in [0.1, 0.15) is 0 Å². The van der Waals surface area contributed by atoms with Crippen LogP contribution in [0.1, 0.15) is 22.9 Å². The van der Waals surface area contributed by atoms with Crippen molar-refractivity contribution < 1.29 is 13.2 Å². The molecule has 2 N–H and O–H groups in total. The maximum absolute atomic E-state index is 11.9. The number of carbonyl (C=O) groups excluding carboxylic acids is 1. The molecule has 0 bridgehead atoms. The number of hydrogen-bond acceptors (Lipinski definition) is 5. The van der Waals surface area contributed by atoms with E-state index in [1.165, 1.54) is 17.6 Å². The Morgan fingerprint density at radius 1 is 1.26 bits per heavy atom. The Balaban J connectivity index is 1.96. The SMILES string of the molecule is CCc1cnc(NC(=O)NCc2ccccc2CS(C)(=O)=O)s1. The molecule has 1 aromatic heterocycles. The molecule has 6 nitrogen and oxygen atoms in total. The molecule has 2 aromatic rings. The van der Waals surface area contributed by atoms with Gasteiger partial charge in [0.15, 0.2) is 15.0 Å². The van der Waals surface area contributed by atoms with Gasteiger partial charge >= 0.3 is 6.03 Å². The van der Waals surface area contributed by atoms with Crippen LogP contribution in [0.4, 0.5) is 9.93 Å². The first kappa shape index (κ1) is 17.4. The summed E-state index contributed by atoms with van der Waals surface area (Å²) in [4.78, 5) is 17.1. The summed E-state index contributed by atoms with van der Waals surface area (Å²) in [7, 11) is -3.12. The van der Waals surface area contributed by atoms with E-state index >= 15 is 0 Å². The van der Waals surface area contributed by atoms with E-state index in [9.17, 15) is 13.2 Å². The van der Waals surface area contributed by atoms with Crippen molar-refractivity contribution >= 4 is 32.3 Å². The summed E-state index contributed by atoms with van der Waals surface area (Å²) < 4.78 is 22.9. The lowest BCUT2D eigenvalue weighted by molar-refractivity contribution is 0.251. The van der Waals surface area contributed by atoms with Crippen molar-refractivity contribution in [2.45, 2.75) is 25.6 Å². The summed E-state index contributed by atoms with van der Waals surface area (Å²) >= 11 is 1.43. The molecule has 124 valence electrons. The molecule has 0 aliphatic heterocycles. The van der Waals surface area contributed by atoms with Crippen LogP contribution in [0.5, 0.6) is 0 Å². The molecule has 0 fully saturated rings. The van der Waals surface area contributed by atoms with Gasteiger partial charge in [-0.25, -0.2) is 18.2 Å². The highest BCUT2D eigenvalue weighted by Gasteiger charge is 2.10. The van der Waals surface area contributed by atoms with Crippen LogP contribution in [0.15, 0.2) is 30.5 Å². The number of sulfone groups is 1. The van der Waals surface area contributed by atoms with Crippen LogP contribution >= 0.6 is 11.3 Å². The van der Waals surface area contributed by atoms with Crippen molar-refractivity contribution in [3.8, 4) is 0 Å². The van der Waals surface area contributed by atoms with Gasteiger partial charge in [0.25, 0.3) is 0 Å². The topological polar surface area (TPSA) is 88.2 Å². The number of amides is 2. The molecule has 8 heteroatoms. The van der Waals surface area contributed by atoms with Crippen LogP contribution in [0.3, 0.4) is 0 Å². The summed E-state index contributed by atoms with van der Waals surface area (Å²) in [6, 6.07) is 6.79. The smallest absolute Gasteiger partial charge is 0.321 e. The second-order valence-corrected chi connectivity index (χ2v) is 8.39. The number of nitrogens with zero attached hydrogens (tertiary/aromatic N) is 1. The fraction of sp³-hybridized carbons (Fsp3) is 0.333. The molecule has 0 spiro atoms. The van der Waals surface area contributed by atoms with E-state index in [0.717, 1.165) is 16.9 Å². The van der Waals surface area contributed by atoms with Gasteiger partial charge in [-0.15, -0.1) is 11.3 Å². The Bertz CT molecular complexity index is 785. The van der Waals surface area contributed by atoms with Gasteiger partial charge in [0.05, 0.1) is 5.75 Å². The van der Waals surface area contributed by atoms with E-state index in [2.05, 4.69) is 15.6 Å². The van der Waals surface area contributed by atoms with Crippen LogP contribution in [0, 0.1) is 0 Å². The molecular formula is C15H19N3O3S2. The highest BCUT2D eigenvalue weighted by atomic mass is 32.2. The van der Waals surface area contributed by atoms with Gasteiger partial charge in [-0.3, -0.25) is 5.32 Å². The van der Waals surface area contributed by atoms with Crippen LogP contribution in [0.25, 0.3) is 0 Å². The Morgan fingerprint density at radius 2 is 1.96 bits per heavy atom. The summed E-state index contributed by atoms with van der Waals surface area (Å²) in [5, 5.41) is 5.94. The van der Waals surface area contributed by atoms with E-state index in [-0.39, 0.29) is 18.3 Å². The number of thiazole rings is 1. The van der Waals surface area contributed by atoms with Gasteiger partial charge < -0.3 is 5.32 Å². The summed E-state index contributed by atoms with van der Waals surface area (Å²) in [5.41, 5.74) is 1.47. The monoisotopic (exact) mass is 353 g/mol. The highest BCUT2D eigenvalue weighted by Crippen LogP contribution is 2.18. The number of rotatable bonds is 6. The lowest BCUT2D eigenvalue weighted by Gasteiger charge is -2.10. The molecule has 0 saturated heterocycles. The number of carbonyl (C=O) groups is 1. The maximum atomic E-state index is 11.9. The Kier molecular flexibility index (Phi) is 5.73. The van der Waals surface area contributed by atoms with Gasteiger partial charge in [-0.2, -0.15) is 0 Å². The fourth-order valence-corrected chi connectivity index (χ4v) is 3.59. The zero-order valence-corrected chi connectivity index (χ0v) is 14.6. The molecule has 1 heterocycles. The molecule has 0 saturated carbocycles. The van der Waals surface area contributed by atoms with E-state index < -0.39 is 9.84 Å². The lowest BCUT2D eigenvalue weighted by Crippen LogP contribution is -2.28. The van der Waals surface area contributed by atoms with Crippen LogP contribution in [-0.2, 0) is 28.6 Å². The van der Waals surface area contributed by atoms with Gasteiger partial charge in [0.2, 0.25) is 0 Å². The number of aromatic nitrogens is 1. The van der Waals surface area contributed by atoms with Crippen molar-refractivity contribution in [3.63, 3.8) is 0 Å². The van der Waals surface area contributed by atoms with Crippen LogP contribution < -0.4 is 10.6 Å². The summed E-state index contributed by atoms with van der Waals surface area (Å²) in [6.45, 7) is 2.28.